The van der Waals surface area contributed by atoms with Crippen molar-refractivity contribution >= 4 is 79.9 Å². The second-order valence-corrected chi connectivity index (χ2v) is 14.8. The average Bonchev–Trinajstić information content (AvgIpc) is 3.68. The topological polar surface area (TPSA) is 379 Å². The summed E-state index contributed by atoms with van der Waals surface area (Å²) in [5, 5.41) is 39.4. The quantitative estimate of drug-likeness (QED) is 0.0505. The van der Waals surface area contributed by atoms with Gasteiger partial charge in [0.1, 0.15) is 23.5 Å². The Bertz CT molecular complexity index is 2170. The molecule has 4 atom stereocenters. The minimum atomic E-state index is -5.03. The number of likely N-dealkylation sites (tertiary alicyclic amines) is 1. The molecule has 2 aromatic heterocycles. The number of H-pyrrole nitrogens is 1. The van der Waals surface area contributed by atoms with Gasteiger partial charge in [-0.15, -0.1) is 11.3 Å². The maximum Gasteiger partial charge on any atom is 0.350 e. The first-order chi connectivity index (χ1) is 25.5. The lowest BCUT2D eigenvalue weighted by atomic mass is 9.97. The zero-order valence-corrected chi connectivity index (χ0v) is 30.2. The Morgan fingerprint density at radius 3 is 2.40 bits per heavy atom. The highest BCUT2D eigenvalue weighted by Crippen LogP contribution is 2.23. The molecule has 4 rings (SSSR count). The van der Waals surface area contributed by atoms with Crippen molar-refractivity contribution in [3.05, 3.63) is 39.3 Å². The van der Waals surface area contributed by atoms with E-state index in [2.05, 4.69) is 31.1 Å². The summed E-state index contributed by atoms with van der Waals surface area (Å²) in [6.45, 7) is 2.78. The number of nitrogens with two attached hydrogens (primary N) is 1. The van der Waals surface area contributed by atoms with Crippen LogP contribution in [0.3, 0.4) is 0 Å². The van der Waals surface area contributed by atoms with Crippen molar-refractivity contribution in [3.8, 4) is 5.75 Å². The normalized spacial score (nSPS) is 19.2. The first-order valence-electron chi connectivity index (χ1n) is 15.5. The number of thiazole rings is 1. The van der Waals surface area contributed by atoms with Crippen LogP contribution in [0.5, 0.6) is 5.75 Å². The summed E-state index contributed by atoms with van der Waals surface area (Å²) in [7, 11) is -5.03. The molecular formula is C28H32N10O15S2. The van der Waals surface area contributed by atoms with Crippen LogP contribution in [0.1, 0.15) is 49.8 Å². The lowest BCUT2D eigenvalue weighted by Gasteiger charge is -2.43. The number of carbonyl (C=O) groups excluding carboxylic acids is 6. The van der Waals surface area contributed by atoms with Gasteiger partial charge in [0.25, 0.3) is 17.7 Å². The first kappa shape index (κ1) is 41.1. The SMILES string of the molecule is C[C@H]1[C@H](NC(=O)/C(=N\OC(C)(C)C(=O)O)c2csc(N)n2)C(=O)N1C(=O)NS(=O)(=O)N1C[C@@H](NC(=O)[C@H](CC(=O)O)NC(=O)c2cc(=O)c(O)c[nH]2)CC1=O. The number of carbonyl (C=O) groups is 8. The van der Waals surface area contributed by atoms with Crippen molar-refractivity contribution in [1.29, 1.82) is 0 Å². The number of anilines is 1. The standard InChI is InChI=1S/C28H32N10O15S2/c1-10-19(34-23(46)20(14-9-54-26(29)33-14)35-53-28(2,3)25(48)49)24(47)38(10)27(50)36-55(51,52)37-8-11(4-17(37)41)31-22(45)13(6-18(42)43)32-21(44)12-5-15(39)16(40)7-30-12/h5,7,9-11,13,19,40H,4,6,8H2,1-3H3,(H2,29,33)(H,30,39)(H,31,45)(H,32,44)(H,34,46)(H,36,50)(H,42,43)(H,48,49)/b35-20-/t10-,11-,13-,19-/m0/s1. The number of aromatic hydroxyl groups is 1. The Morgan fingerprint density at radius 1 is 1.16 bits per heavy atom. The summed E-state index contributed by atoms with van der Waals surface area (Å²) in [5.41, 5.74) is 1.62. The van der Waals surface area contributed by atoms with E-state index in [1.165, 1.54) is 12.3 Å². The number of nitrogen functional groups attached to an aromatic ring is 1. The third-order valence-corrected chi connectivity index (χ3v) is 9.87. The highest BCUT2D eigenvalue weighted by Gasteiger charge is 2.51. The predicted molar refractivity (Wildman–Crippen MR) is 182 cm³/mol. The fourth-order valence-electron chi connectivity index (χ4n) is 4.84. The first-order valence-corrected chi connectivity index (χ1v) is 17.8. The number of nitrogens with one attached hydrogen (secondary N) is 5. The number of β-lactam (4-membered cyclic amide) rings is 1. The molecule has 2 aliphatic rings. The van der Waals surface area contributed by atoms with Gasteiger partial charge < -0.3 is 46.8 Å². The number of aliphatic carboxylic acids is 2. The number of imide groups is 1. The number of pyridine rings is 1. The Kier molecular flexibility index (Phi) is 11.8. The second-order valence-electron chi connectivity index (χ2n) is 12.3. The number of carboxylic acid groups (broad SMARTS) is 2. The van der Waals surface area contributed by atoms with E-state index in [9.17, 15) is 66.9 Å². The lowest BCUT2D eigenvalue weighted by molar-refractivity contribution is -0.161. The molecule has 55 heavy (non-hydrogen) atoms. The van der Waals surface area contributed by atoms with Crippen LogP contribution in [0.2, 0.25) is 0 Å². The molecule has 10 N–H and O–H groups in total. The van der Waals surface area contributed by atoms with Gasteiger partial charge >= 0.3 is 28.2 Å². The molecule has 0 aliphatic carbocycles. The van der Waals surface area contributed by atoms with E-state index in [0.29, 0.717) is 11.0 Å². The minimum Gasteiger partial charge on any atom is -0.503 e. The Labute approximate surface area is 312 Å². The minimum absolute atomic E-state index is 0.00717. The van der Waals surface area contributed by atoms with Gasteiger partial charge in [-0.1, -0.05) is 5.16 Å². The number of oxime groups is 1. The Morgan fingerprint density at radius 2 is 1.84 bits per heavy atom. The van der Waals surface area contributed by atoms with E-state index in [1.54, 1.807) is 4.72 Å². The molecule has 0 bridgehead atoms. The molecule has 27 heteroatoms. The smallest absolute Gasteiger partial charge is 0.350 e. The zero-order valence-electron chi connectivity index (χ0n) is 28.6. The molecule has 0 aromatic carbocycles. The Hall–Kier alpha value is -6.64. The number of aromatic nitrogens is 2. The highest BCUT2D eigenvalue weighted by atomic mass is 32.2. The van der Waals surface area contributed by atoms with Gasteiger partial charge in [0.15, 0.2) is 16.6 Å². The number of nitrogens with zero attached hydrogens (tertiary/aromatic N) is 4. The van der Waals surface area contributed by atoms with E-state index in [0.717, 1.165) is 31.4 Å². The molecule has 2 fully saturated rings. The van der Waals surface area contributed by atoms with Gasteiger partial charge in [-0.25, -0.2) is 23.6 Å². The molecule has 296 valence electrons. The molecule has 0 spiro atoms. The lowest BCUT2D eigenvalue weighted by Crippen LogP contribution is -2.73. The highest BCUT2D eigenvalue weighted by molar-refractivity contribution is 7.88. The van der Waals surface area contributed by atoms with Crippen LogP contribution >= 0.6 is 11.3 Å². The number of carboxylic acids is 2. The van der Waals surface area contributed by atoms with Crippen LogP contribution in [0.4, 0.5) is 9.93 Å². The molecular weight excluding hydrogens is 780 g/mol. The van der Waals surface area contributed by atoms with Gasteiger partial charge in [0.2, 0.25) is 22.8 Å². The monoisotopic (exact) mass is 812 g/mol. The van der Waals surface area contributed by atoms with Crippen molar-refractivity contribution in [2.24, 2.45) is 5.16 Å². The third kappa shape index (κ3) is 9.30. The summed E-state index contributed by atoms with van der Waals surface area (Å²) in [6, 6.07) is -6.53. The van der Waals surface area contributed by atoms with Crippen LogP contribution in [-0.4, -0.2) is 132 Å². The van der Waals surface area contributed by atoms with Gasteiger partial charge in [-0.05, 0) is 20.8 Å². The van der Waals surface area contributed by atoms with E-state index in [-0.39, 0.29) is 15.1 Å². The van der Waals surface area contributed by atoms with Crippen LogP contribution in [0, 0.1) is 0 Å². The molecule has 2 saturated heterocycles. The van der Waals surface area contributed by atoms with E-state index >= 15 is 0 Å². The van der Waals surface area contributed by atoms with Crippen LogP contribution in [0.15, 0.2) is 27.6 Å². The van der Waals surface area contributed by atoms with Crippen molar-refractivity contribution in [2.75, 3.05) is 12.3 Å². The molecule has 0 unspecified atom stereocenters. The molecule has 25 nitrogen and oxygen atoms in total. The fourth-order valence-corrected chi connectivity index (χ4v) is 6.54. The summed E-state index contributed by atoms with van der Waals surface area (Å²) < 4.78 is 27.9. The van der Waals surface area contributed by atoms with E-state index in [4.69, 9.17) is 10.6 Å². The molecule has 4 heterocycles. The maximum absolute atomic E-state index is 13.1. The van der Waals surface area contributed by atoms with Crippen molar-refractivity contribution < 1.29 is 66.9 Å². The number of hydrogen-bond acceptors (Lipinski definition) is 17. The summed E-state index contributed by atoms with van der Waals surface area (Å²) >= 11 is 0.905. The van der Waals surface area contributed by atoms with Gasteiger partial charge in [-0.2, -0.15) is 8.42 Å². The van der Waals surface area contributed by atoms with E-state index in [1.807, 2.05) is 0 Å². The summed E-state index contributed by atoms with van der Waals surface area (Å²) in [5.74, 6) is -9.28. The number of urea groups is 1. The maximum atomic E-state index is 13.1. The predicted octanol–water partition coefficient (Wildman–Crippen LogP) is -3.64. The Balaban J connectivity index is 1.38. The number of hydrogen-bond donors (Lipinski definition) is 9. The van der Waals surface area contributed by atoms with Gasteiger partial charge in [0, 0.05) is 24.1 Å². The number of rotatable bonds is 14. The largest absolute Gasteiger partial charge is 0.503 e. The van der Waals surface area contributed by atoms with Crippen LogP contribution in [0.25, 0.3) is 0 Å². The molecule has 7 amide bonds. The molecule has 2 aliphatic heterocycles. The fraction of sp³-hybridized carbons (Fsp3) is 0.393. The zero-order chi connectivity index (χ0) is 41.2. The van der Waals surface area contributed by atoms with E-state index < -0.39 is 129 Å². The van der Waals surface area contributed by atoms with Gasteiger partial charge in [0.05, 0.1) is 25.0 Å². The van der Waals surface area contributed by atoms with Crippen LogP contribution < -0.4 is 31.8 Å². The number of aromatic amines is 1. The average molecular weight is 813 g/mol. The molecule has 2 aromatic rings. The second kappa shape index (κ2) is 15.8. The summed E-state index contributed by atoms with van der Waals surface area (Å²) in [4.78, 5) is 123. The van der Waals surface area contributed by atoms with Crippen molar-refractivity contribution in [3.63, 3.8) is 0 Å². The molecule has 0 saturated carbocycles. The van der Waals surface area contributed by atoms with Crippen molar-refractivity contribution in [2.45, 2.75) is 63.4 Å². The van der Waals surface area contributed by atoms with Gasteiger partial charge in [-0.3, -0.25) is 38.5 Å². The molecule has 0 radical (unpaired) electrons. The third-order valence-electron chi connectivity index (χ3n) is 7.83. The summed E-state index contributed by atoms with van der Waals surface area (Å²) in [6.07, 6.45) is -0.851. The van der Waals surface area contributed by atoms with Crippen molar-refractivity contribution in [1.82, 2.24) is 39.8 Å². The van der Waals surface area contributed by atoms with Crippen LogP contribution in [-0.2, 0) is 43.8 Å². The number of amides is 7.